The van der Waals surface area contributed by atoms with Gasteiger partial charge >= 0.3 is 6.18 Å². The number of nitrogens with zero attached hydrogens (tertiary/aromatic N) is 4. The van der Waals surface area contributed by atoms with Crippen molar-refractivity contribution in [2.24, 2.45) is 5.73 Å². The van der Waals surface area contributed by atoms with Crippen molar-refractivity contribution in [1.82, 2.24) is 19.7 Å². The Bertz CT molecular complexity index is 470. The van der Waals surface area contributed by atoms with Gasteiger partial charge in [0.15, 0.2) is 0 Å². The fourth-order valence-electron chi connectivity index (χ4n) is 2.09. The quantitative estimate of drug-likeness (QED) is 0.845. The highest BCUT2D eigenvalue weighted by Crippen LogP contribution is 2.29. The van der Waals surface area contributed by atoms with Crippen molar-refractivity contribution in [1.29, 1.82) is 0 Å². The number of thiocarbonyl (C=S) groups is 1. The standard InChI is InChI=1S/C10H14F3N5S/c11-10(12,13)9-16-15-8-6-17(4-5-18(8)9)3-1-2-7(14)19/h1-6H2,(H2,14,19). The first-order valence-electron chi connectivity index (χ1n) is 5.88. The van der Waals surface area contributed by atoms with Crippen LogP contribution >= 0.6 is 12.2 Å². The van der Waals surface area contributed by atoms with Gasteiger partial charge in [-0.15, -0.1) is 10.2 Å². The third-order valence-corrected chi connectivity index (χ3v) is 3.19. The third-order valence-electron chi connectivity index (χ3n) is 2.98. The molecule has 0 amide bonds. The van der Waals surface area contributed by atoms with E-state index >= 15 is 0 Å². The van der Waals surface area contributed by atoms with Gasteiger partial charge < -0.3 is 10.3 Å². The van der Waals surface area contributed by atoms with Gasteiger partial charge in [-0.1, -0.05) is 12.2 Å². The smallest absolute Gasteiger partial charge is 0.393 e. The predicted octanol–water partition coefficient (Wildman–Crippen LogP) is 1.18. The zero-order chi connectivity index (χ0) is 14.0. The van der Waals surface area contributed by atoms with Crippen LogP contribution in [-0.2, 0) is 19.3 Å². The van der Waals surface area contributed by atoms with Crippen LogP contribution in [0.3, 0.4) is 0 Å². The van der Waals surface area contributed by atoms with Crippen LogP contribution in [0.15, 0.2) is 0 Å². The molecule has 0 saturated heterocycles. The van der Waals surface area contributed by atoms with E-state index < -0.39 is 12.0 Å². The lowest BCUT2D eigenvalue weighted by atomic mass is 10.2. The van der Waals surface area contributed by atoms with E-state index in [4.69, 9.17) is 18.0 Å². The molecule has 1 aliphatic heterocycles. The molecule has 0 fully saturated rings. The number of rotatable bonds is 4. The van der Waals surface area contributed by atoms with Crippen molar-refractivity contribution in [3.8, 4) is 0 Å². The second-order valence-electron chi connectivity index (χ2n) is 4.44. The summed E-state index contributed by atoms with van der Waals surface area (Å²) in [5, 5.41) is 6.85. The first-order valence-corrected chi connectivity index (χ1v) is 6.28. The molecular formula is C10H14F3N5S. The molecule has 2 rings (SSSR count). The molecule has 0 bridgehead atoms. The summed E-state index contributed by atoms with van der Waals surface area (Å²) in [6, 6.07) is 0. The summed E-state index contributed by atoms with van der Waals surface area (Å²) in [7, 11) is 0. The average molecular weight is 293 g/mol. The summed E-state index contributed by atoms with van der Waals surface area (Å²) < 4.78 is 39.0. The van der Waals surface area contributed by atoms with E-state index in [0.29, 0.717) is 30.3 Å². The molecule has 5 nitrogen and oxygen atoms in total. The van der Waals surface area contributed by atoms with Crippen LogP contribution in [0, 0.1) is 0 Å². The summed E-state index contributed by atoms with van der Waals surface area (Å²) in [4.78, 5) is 2.49. The third kappa shape index (κ3) is 3.41. The van der Waals surface area contributed by atoms with Crippen molar-refractivity contribution in [2.45, 2.75) is 32.1 Å². The summed E-state index contributed by atoms with van der Waals surface area (Å²) in [5.41, 5.74) is 5.40. The lowest BCUT2D eigenvalue weighted by molar-refractivity contribution is -0.148. The fraction of sp³-hybridized carbons (Fsp3) is 0.700. The molecule has 9 heteroatoms. The van der Waals surface area contributed by atoms with E-state index in [0.717, 1.165) is 17.5 Å². The first-order chi connectivity index (χ1) is 8.88. The molecule has 1 aromatic rings. The minimum Gasteiger partial charge on any atom is -0.393 e. The highest BCUT2D eigenvalue weighted by molar-refractivity contribution is 7.80. The highest BCUT2D eigenvalue weighted by atomic mass is 32.1. The van der Waals surface area contributed by atoms with E-state index in [-0.39, 0.29) is 6.54 Å². The molecule has 0 saturated carbocycles. The van der Waals surface area contributed by atoms with Crippen LogP contribution < -0.4 is 5.73 Å². The largest absolute Gasteiger partial charge is 0.451 e. The molecule has 0 spiro atoms. The van der Waals surface area contributed by atoms with Gasteiger partial charge in [-0.25, -0.2) is 0 Å². The Labute approximate surface area is 113 Å². The van der Waals surface area contributed by atoms with Crippen molar-refractivity contribution in [3.05, 3.63) is 11.6 Å². The normalized spacial score (nSPS) is 16.4. The molecule has 1 aliphatic rings. The Kier molecular flexibility index (Phi) is 4.04. The van der Waals surface area contributed by atoms with E-state index in [1.54, 1.807) is 0 Å². The second-order valence-corrected chi connectivity index (χ2v) is 4.96. The molecule has 19 heavy (non-hydrogen) atoms. The van der Waals surface area contributed by atoms with Gasteiger partial charge in [0.1, 0.15) is 5.82 Å². The number of nitrogens with two attached hydrogens (primary N) is 1. The summed E-state index contributed by atoms with van der Waals surface area (Å²) in [6.45, 7) is 1.92. The minimum atomic E-state index is -4.45. The van der Waals surface area contributed by atoms with Crippen molar-refractivity contribution in [2.75, 3.05) is 13.1 Å². The van der Waals surface area contributed by atoms with E-state index in [9.17, 15) is 13.2 Å². The van der Waals surface area contributed by atoms with Crippen molar-refractivity contribution < 1.29 is 13.2 Å². The number of alkyl halides is 3. The Morgan fingerprint density at radius 1 is 1.32 bits per heavy atom. The van der Waals surface area contributed by atoms with Crippen LogP contribution in [0.4, 0.5) is 13.2 Å². The number of hydrogen-bond donors (Lipinski definition) is 1. The molecular weight excluding hydrogens is 279 g/mol. The minimum absolute atomic E-state index is 0.254. The molecule has 0 radical (unpaired) electrons. The number of hydrogen-bond acceptors (Lipinski definition) is 4. The molecule has 0 aromatic carbocycles. The second kappa shape index (κ2) is 5.41. The number of aromatic nitrogens is 3. The van der Waals surface area contributed by atoms with Crippen LogP contribution in [0.2, 0.25) is 0 Å². The van der Waals surface area contributed by atoms with Gasteiger partial charge in [-0.3, -0.25) is 4.90 Å². The maximum atomic E-state index is 12.6. The highest BCUT2D eigenvalue weighted by Gasteiger charge is 2.39. The molecule has 0 aliphatic carbocycles. The van der Waals surface area contributed by atoms with Gasteiger partial charge in [0.05, 0.1) is 11.5 Å². The zero-order valence-electron chi connectivity index (χ0n) is 10.2. The Morgan fingerprint density at radius 2 is 2.05 bits per heavy atom. The van der Waals surface area contributed by atoms with Gasteiger partial charge in [0.2, 0.25) is 5.82 Å². The molecule has 1 aromatic heterocycles. The van der Waals surface area contributed by atoms with Gasteiger partial charge in [0, 0.05) is 13.1 Å². The van der Waals surface area contributed by atoms with E-state index in [2.05, 4.69) is 10.2 Å². The molecule has 0 unspecified atom stereocenters. The van der Waals surface area contributed by atoms with Crippen molar-refractivity contribution in [3.63, 3.8) is 0 Å². The Balaban J connectivity index is 1.98. The maximum Gasteiger partial charge on any atom is 0.451 e. The van der Waals surface area contributed by atoms with Crippen molar-refractivity contribution >= 4 is 17.2 Å². The van der Waals surface area contributed by atoms with E-state index in [1.165, 1.54) is 0 Å². The summed E-state index contributed by atoms with van der Waals surface area (Å²) in [5.74, 6) is -0.556. The van der Waals surface area contributed by atoms with Gasteiger partial charge in [-0.05, 0) is 19.4 Å². The maximum absolute atomic E-state index is 12.6. The number of fused-ring (bicyclic) bond motifs is 1. The molecule has 106 valence electrons. The van der Waals surface area contributed by atoms with Gasteiger partial charge in [-0.2, -0.15) is 13.2 Å². The van der Waals surface area contributed by atoms with Crippen LogP contribution in [0.25, 0.3) is 0 Å². The van der Waals surface area contributed by atoms with E-state index in [1.807, 2.05) is 4.90 Å². The first kappa shape index (κ1) is 14.2. The summed E-state index contributed by atoms with van der Waals surface area (Å²) in [6.07, 6.45) is -3.00. The molecule has 2 N–H and O–H groups in total. The zero-order valence-corrected chi connectivity index (χ0v) is 11.0. The van der Waals surface area contributed by atoms with Crippen LogP contribution in [0.1, 0.15) is 24.5 Å². The number of halogens is 3. The van der Waals surface area contributed by atoms with Gasteiger partial charge in [0.25, 0.3) is 0 Å². The average Bonchev–Trinajstić information content (AvgIpc) is 2.71. The van der Waals surface area contributed by atoms with Crippen LogP contribution in [-0.4, -0.2) is 37.7 Å². The SMILES string of the molecule is NC(=S)CCCN1CCn2c(nnc2C(F)(F)F)C1. The Hall–Kier alpha value is -1.22. The molecule has 2 heterocycles. The van der Waals surface area contributed by atoms with Crippen LogP contribution in [0.5, 0.6) is 0 Å². The molecule has 0 atom stereocenters. The predicted molar refractivity (Wildman–Crippen MR) is 66.3 cm³/mol. The monoisotopic (exact) mass is 293 g/mol. The lowest BCUT2D eigenvalue weighted by Crippen LogP contribution is -2.36. The fourth-order valence-corrected chi connectivity index (χ4v) is 2.23. The summed E-state index contributed by atoms with van der Waals surface area (Å²) >= 11 is 4.78. The lowest BCUT2D eigenvalue weighted by Gasteiger charge is -2.27. The Morgan fingerprint density at radius 3 is 2.68 bits per heavy atom. The topological polar surface area (TPSA) is 60.0 Å².